The predicted molar refractivity (Wildman–Crippen MR) is 150 cm³/mol. The summed E-state index contributed by atoms with van der Waals surface area (Å²) in [5.74, 6) is -4.50. The standard InChI is InChI=1S/C29H32F5N9O4/c30-28(31)5-3-17(4-6-28)21(39-24(44)23-22(16-1-2-16)40-47-41-23)18-13-43-20(37-18)9-15(12-36-43)10-27(14-42-8-7-35-26(42)46)11-19(29(32,33)34)38-25(27)45/h9,12-13,16-17,19,21H,1-8,10-11,14H2,(H,35,46)(H,38,45)(H,39,44)/t19-,21-,27-/m0/s1. The Hall–Kier alpha value is -4.38. The number of urea groups is 1. The van der Waals surface area contributed by atoms with Gasteiger partial charge in [-0.05, 0) is 61.2 Å². The second-order valence-electron chi connectivity index (χ2n) is 13.1. The summed E-state index contributed by atoms with van der Waals surface area (Å²) in [4.78, 5) is 44.9. The average molecular weight is 666 g/mol. The molecule has 0 bridgehead atoms. The average Bonchev–Trinajstić information content (AvgIpc) is 3.31. The van der Waals surface area contributed by atoms with Gasteiger partial charge < -0.3 is 20.9 Å². The summed E-state index contributed by atoms with van der Waals surface area (Å²) in [6.45, 7) is 0.343. The van der Waals surface area contributed by atoms with Gasteiger partial charge in [-0.3, -0.25) is 9.59 Å². The molecule has 0 radical (unpaired) electrons. The molecule has 13 nitrogen and oxygen atoms in total. The molecule has 2 aliphatic heterocycles. The molecule has 2 saturated carbocycles. The van der Waals surface area contributed by atoms with Crippen molar-refractivity contribution in [1.82, 2.24) is 45.8 Å². The highest BCUT2D eigenvalue weighted by molar-refractivity contribution is 5.93. The number of rotatable bonds is 9. The van der Waals surface area contributed by atoms with Gasteiger partial charge in [0, 0.05) is 38.4 Å². The third-order valence-electron chi connectivity index (χ3n) is 9.69. The lowest BCUT2D eigenvalue weighted by molar-refractivity contribution is -0.155. The molecule has 4 fully saturated rings. The van der Waals surface area contributed by atoms with Gasteiger partial charge in [-0.2, -0.15) is 18.3 Å². The van der Waals surface area contributed by atoms with Crippen molar-refractivity contribution in [1.29, 1.82) is 0 Å². The van der Waals surface area contributed by atoms with Crippen LogP contribution in [0.1, 0.15) is 84.3 Å². The van der Waals surface area contributed by atoms with Crippen molar-refractivity contribution < 1.29 is 41.0 Å². The van der Waals surface area contributed by atoms with Crippen LogP contribution in [-0.4, -0.2) is 85.4 Å². The Labute approximate surface area is 264 Å². The number of carbonyl (C=O) groups is 3. The summed E-state index contributed by atoms with van der Waals surface area (Å²) in [7, 11) is 0. The van der Waals surface area contributed by atoms with E-state index in [1.54, 1.807) is 12.3 Å². The molecule has 2 saturated heterocycles. The first-order chi connectivity index (χ1) is 22.3. The molecule has 2 aliphatic carbocycles. The van der Waals surface area contributed by atoms with Crippen LogP contribution in [0.25, 0.3) is 5.65 Å². The largest absolute Gasteiger partial charge is 0.408 e. The van der Waals surface area contributed by atoms with Crippen LogP contribution in [0.5, 0.6) is 0 Å². The Kier molecular flexibility index (Phi) is 7.57. The van der Waals surface area contributed by atoms with Gasteiger partial charge in [0.2, 0.25) is 11.8 Å². The number of nitrogens with one attached hydrogen (secondary N) is 3. The van der Waals surface area contributed by atoms with Crippen LogP contribution in [0, 0.1) is 11.3 Å². The topological polar surface area (TPSA) is 160 Å². The smallest absolute Gasteiger partial charge is 0.344 e. The van der Waals surface area contributed by atoms with Crippen LogP contribution < -0.4 is 16.0 Å². The summed E-state index contributed by atoms with van der Waals surface area (Å²) in [6, 6.07) is -1.74. The summed E-state index contributed by atoms with van der Waals surface area (Å²) in [6.07, 6.45) is -1.17. The van der Waals surface area contributed by atoms with E-state index in [-0.39, 0.29) is 68.4 Å². The van der Waals surface area contributed by atoms with E-state index in [4.69, 9.17) is 4.63 Å². The molecule has 3 atom stereocenters. The van der Waals surface area contributed by atoms with E-state index in [1.807, 2.05) is 0 Å². The number of aromatic nitrogens is 5. The maximum Gasteiger partial charge on any atom is 0.408 e. The van der Waals surface area contributed by atoms with Gasteiger partial charge in [0.05, 0.1) is 29.5 Å². The molecular formula is C29H32F5N9O4. The zero-order chi connectivity index (χ0) is 33.1. The van der Waals surface area contributed by atoms with Gasteiger partial charge in [0.15, 0.2) is 11.3 Å². The van der Waals surface area contributed by atoms with Crippen molar-refractivity contribution in [2.24, 2.45) is 11.3 Å². The number of alkyl halides is 5. The Morgan fingerprint density at radius 3 is 2.57 bits per heavy atom. The van der Waals surface area contributed by atoms with Crippen molar-refractivity contribution in [3.05, 3.63) is 41.1 Å². The van der Waals surface area contributed by atoms with E-state index in [0.29, 0.717) is 23.5 Å². The molecule has 0 unspecified atom stereocenters. The van der Waals surface area contributed by atoms with Gasteiger partial charge in [-0.15, -0.1) is 0 Å². The molecule has 252 valence electrons. The minimum atomic E-state index is -4.67. The van der Waals surface area contributed by atoms with E-state index in [1.165, 1.54) is 15.6 Å². The number of hydrogen-bond donors (Lipinski definition) is 3. The number of hydrogen-bond acceptors (Lipinski definition) is 8. The second-order valence-corrected chi connectivity index (χ2v) is 13.1. The van der Waals surface area contributed by atoms with E-state index >= 15 is 0 Å². The molecule has 3 N–H and O–H groups in total. The first kappa shape index (κ1) is 31.2. The van der Waals surface area contributed by atoms with Crippen molar-refractivity contribution in [3.8, 4) is 0 Å². The highest BCUT2D eigenvalue weighted by Crippen LogP contribution is 2.44. The molecule has 4 amide bonds. The maximum atomic E-state index is 14.1. The predicted octanol–water partition coefficient (Wildman–Crippen LogP) is 3.29. The lowest BCUT2D eigenvalue weighted by atomic mass is 9.78. The number of carbonyl (C=O) groups excluding carboxylic acids is 3. The van der Waals surface area contributed by atoms with Gasteiger partial charge in [-0.1, -0.05) is 5.16 Å². The van der Waals surface area contributed by atoms with Gasteiger partial charge in [0.1, 0.15) is 11.7 Å². The fourth-order valence-electron chi connectivity index (χ4n) is 7.00. The highest BCUT2D eigenvalue weighted by atomic mass is 19.4. The van der Waals surface area contributed by atoms with E-state index in [9.17, 15) is 36.3 Å². The van der Waals surface area contributed by atoms with Gasteiger partial charge >= 0.3 is 12.2 Å². The minimum absolute atomic E-state index is 0.0341. The Morgan fingerprint density at radius 1 is 1.15 bits per heavy atom. The van der Waals surface area contributed by atoms with Crippen LogP contribution in [-0.2, 0) is 11.2 Å². The quantitative estimate of drug-likeness (QED) is 0.294. The fraction of sp³-hybridized carbons (Fsp3) is 0.621. The number of fused-ring (bicyclic) bond motifs is 1. The lowest BCUT2D eigenvalue weighted by Crippen LogP contribution is -2.45. The molecule has 3 aromatic rings. The molecule has 7 rings (SSSR count). The molecule has 0 aromatic carbocycles. The summed E-state index contributed by atoms with van der Waals surface area (Å²) in [5.41, 5.74) is -0.0609. The Balaban J connectivity index is 1.18. The fourth-order valence-corrected chi connectivity index (χ4v) is 7.00. The molecule has 18 heteroatoms. The molecule has 5 heterocycles. The monoisotopic (exact) mass is 665 g/mol. The third-order valence-corrected chi connectivity index (χ3v) is 9.69. The van der Waals surface area contributed by atoms with Crippen LogP contribution in [0.15, 0.2) is 23.1 Å². The van der Waals surface area contributed by atoms with Crippen LogP contribution >= 0.6 is 0 Å². The van der Waals surface area contributed by atoms with Crippen LogP contribution in [0.2, 0.25) is 0 Å². The van der Waals surface area contributed by atoms with E-state index in [2.05, 4.69) is 36.3 Å². The lowest BCUT2D eigenvalue weighted by Gasteiger charge is -2.33. The molecule has 3 aromatic heterocycles. The first-order valence-corrected chi connectivity index (χ1v) is 15.6. The summed E-state index contributed by atoms with van der Waals surface area (Å²) < 4.78 is 75.6. The minimum Gasteiger partial charge on any atom is -0.344 e. The highest BCUT2D eigenvalue weighted by Gasteiger charge is 2.56. The number of nitrogens with zero attached hydrogens (tertiary/aromatic N) is 6. The zero-order valence-corrected chi connectivity index (χ0v) is 25.0. The number of imidazole rings is 1. The van der Waals surface area contributed by atoms with Gasteiger partial charge in [-0.25, -0.2) is 27.7 Å². The first-order valence-electron chi connectivity index (χ1n) is 15.6. The Bertz CT molecular complexity index is 1700. The Morgan fingerprint density at radius 2 is 1.91 bits per heavy atom. The van der Waals surface area contributed by atoms with Crippen LogP contribution in [0.4, 0.5) is 26.7 Å². The normalized spacial score (nSPS) is 25.6. The SMILES string of the molecule is O=C(N[C@H](c1cn2ncc(C[C@@]3(CN4CCNC4=O)C[C@@H](C(F)(F)F)NC3=O)cc2n1)C1CCC(F)(F)CC1)c1nonc1C1CC1. The summed E-state index contributed by atoms with van der Waals surface area (Å²) >= 11 is 0. The van der Waals surface area contributed by atoms with Crippen molar-refractivity contribution in [3.63, 3.8) is 0 Å². The van der Waals surface area contributed by atoms with Gasteiger partial charge in [0.25, 0.3) is 5.91 Å². The molecule has 47 heavy (non-hydrogen) atoms. The number of amides is 4. The summed E-state index contributed by atoms with van der Waals surface area (Å²) in [5, 5.41) is 19.6. The van der Waals surface area contributed by atoms with E-state index in [0.717, 1.165) is 12.8 Å². The van der Waals surface area contributed by atoms with Crippen molar-refractivity contribution >= 4 is 23.5 Å². The second kappa shape index (κ2) is 11.4. The molecule has 4 aliphatic rings. The van der Waals surface area contributed by atoms with Crippen molar-refractivity contribution in [2.75, 3.05) is 19.6 Å². The van der Waals surface area contributed by atoms with Crippen LogP contribution in [0.3, 0.4) is 0 Å². The maximum absolute atomic E-state index is 14.1. The molecule has 0 spiro atoms. The molecular weight excluding hydrogens is 633 g/mol. The van der Waals surface area contributed by atoms with Crippen molar-refractivity contribution in [2.45, 2.75) is 81.5 Å². The third kappa shape index (κ3) is 6.20. The zero-order valence-electron chi connectivity index (χ0n) is 25.0. The van der Waals surface area contributed by atoms with E-state index < -0.39 is 53.9 Å². The number of halogens is 5.